The maximum absolute atomic E-state index is 13.4. The molecule has 1 heterocycles. The lowest BCUT2D eigenvalue weighted by Gasteiger charge is -2.35. The first-order valence-corrected chi connectivity index (χ1v) is 12.5. The van der Waals surface area contributed by atoms with Crippen molar-refractivity contribution in [1.82, 2.24) is 4.90 Å². The van der Waals surface area contributed by atoms with Crippen LogP contribution in [0.15, 0.2) is 24.3 Å². The van der Waals surface area contributed by atoms with E-state index in [9.17, 15) is 46.1 Å². The van der Waals surface area contributed by atoms with Crippen molar-refractivity contribution < 1.29 is 65.1 Å². The summed E-state index contributed by atoms with van der Waals surface area (Å²) in [6, 6.07) is 3.73. The molecule has 0 spiro atoms. The number of nitrogens with zero attached hydrogens (tertiary/aromatic N) is 1. The fraction of sp³-hybridized carbons (Fsp3) is 0.481. The first kappa shape index (κ1) is 32.8. The molecule has 2 N–H and O–H groups in total. The molecule has 9 nitrogen and oxygen atoms in total. The van der Waals surface area contributed by atoms with Crippen LogP contribution in [-0.2, 0) is 0 Å². The van der Waals surface area contributed by atoms with Crippen molar-refractivity contribution in [3.63, 3.8) is 0 Å². The van der Waals surface area contributed by atoms with Crippen molar-refractivity contribution in [2.45, 2.75) is 37.2 Å². The molecule has 232 valence electrons. The van der Waals surface area contributed by atoms with Crippen molar-refractivity contribution in [2.24, 2.45) is 0 Å². The zero-order chi connectivity index (χ0) is 31.4. The highest BCUT2D eigenvalue weighted by atomic mass is 19.4. The van der Waals surface area contributed by atoms with Gasteiger partial charge in [0.1, 0.15) is 34.3 Å². The van der Waals surface area contributed by atoms with Crippen LogP contribution >= 0.6 is 0 Å². The summed E-state index contributed by atoms with van der Waals surface area (Å²) in [7, 11) is 4.28. The molecule has 1 aliphatic rings. The number of alkyl halides is 6. The van der Waals surface area contributed by atoms with E-state index in [0.29, 0.717) is 13.0 Å². The van der Waals surface area contributed by atoms with E-state index in [-0.39, 0.29) is 23.6 Å². The number of ether oxygens (including phenoxy) is 4. The van der Waals surface area contributed by atoms with Gasteiger partial charge in [0.05, 0.1) is 32.3 Å². The number of hydrogen-bond donors (Lipinski definition) is 2. The maximum atomic E-state index is 13.4. The van der Waals surface area contributed by atoms with E-state index >= 15 is 0 Å². The summed E-state index contributed by atoms with van der Waals surface area (Å²) in [5.41, 5.74) is -0.994. The van der Waals surface area contributed by atoms with Crippen LogP contribution in [0.3, 0.4) is 0 Å². The van der Waals surface area contributed by atoms with Crippen LogP contribution in [0.4, 0.5) is 26.3 Å². The number of β-amino-alcohol motifs (C(OH)–C–C–N with tert-alkyl or cyclic N) is 1. The molecule has 0 radical (unpaired) electrons. The smallest absolute Gasteiger partial charge is 0.422 e. The van der Waals surface area contributed by atoms with Crippen molar-refractivity contribution >= 4 is 11.6 Å². The average molecular weight is 610 g/mol. The molecule has 3 rings (SSSR count). The van der Waals surface area contributed by atoms with Crippen molar-refractivity contribution in [3.05, 3.63) is 41.0 Å². The Balaban J connectivity index is 1.99. The number of halogens is 6. The number of carbonyl (C=O) groups is 2. The van der Waals surface area contributed by atoms with Gasteiger partial charge in [0, 0.05) is 24.1 Å². The molecule has 1 fully saturated rings. The normalized spacial score (nSPS) is 18.0. The van der Waals surface area contributed by atoms with E-state index in [1.54, 1.807) is 7.05 Å². The third-order valence-electron chi connectivity index (χ3n) is 6.51. The molecule has 15 heteroatoms. The number of methoxy groups -OCH3 is 2. The second-order valence-electron chi connectivity index (χ2n) is 9.63. The quantitative estimate of drug-likeness (QED) is 0.216. The third kappa shape index (κ3) is 8.18. The van der Waals surface area contributed by atoms with Gasteiger partial charge in [-0.15, -0.1) is 0 Å². The van der Waals surface area contributed by atoms with Gasteiger partial charge in [-0.2, -0.15) is 26.3 Å². The van der Waals surface area contributed by atoms with Gasteiger partial charge >= 0.3 is 12.4 Å². The van der Waals surface area contributed by atoms with Gasteiger partial charge in [0.2, 0.25) is 0 Å². The van der Waals surface area contributed by atoms with Crippen LogP contribution < -0.4 is 18.9 Å². The van der Waals surface area contributed by atoms with E-state index in [1.807, 2.05) is 4.90 Å². The molecule has 0 amide bonds. The Morgan fingerprint density at radius 3 is 2.12 bits per heavy atom. The van der Waals surface area contributed by atoms with Crippen molar-refractivity contribution in [3.8, 4) is 28.7 Å². The van der Waals surface area contributed by atoms with Gasteiger partial charge in [0.15, 0.2) is 24.8 Å². The fourth-order valence-corrected chi connectivity index (χ4v) is 4.62. The number of benzene rings is 2. The number of hydrogen-bond acceptors (Lipinski definition) is 9. The van der Waals surface area contributed by atoms with Crippen LogP contribution in [0, 0.1) is 0 Å². The van der Waals surface area contributed by atoms with Gasteiger partial charge in [-0.3, -0.25) is 9.59 Å². The molecular formula is C27H29F6NO8. The zero-order valence-electron chi connectivity index (χ0n) is 22.8. The molecule has 0 aliphatic carbocycles. The number of aliphatic hydroxyl groups is 1. The molecule has 0 saturated carbocycles. The lowest BCUT2D eigenvalue weighted by Crippen LogP contribution is -2.40. The molecule has 2 aromatic rings. The first-order chi connectivity index (χ1) is 19.5. The highest BCUT2D eigenvalue weighted by Crippen LogP contribution is 2.46. The Morgan fingerprint density at radius 1 is 0.929 bits per heavy atom. The lowest BCUT2D eigenvalue weighted by atomic mass is 9.84. The lowest BCUT2D eigenvalue weighted by molar-refractivity contribution is -0.154. The third-order valence-corrected chi connectivity index (χ3v) is 6.51. The number of phenols is 1. The summed E-state index contributed by atoms with van der Waals surface area (Å²) >= 11 is 0. The number of carbonyl (C=O) groups excluding carboxylic acids is 2. The molecule has 0 aromatic heterocycles. The Kier molecular flexibility index (Phi) is 10.2. The van der Waals surface area contributed by atoms with E-state index in [2.05, 4.69) is 9.47 Å². The number of likely N-dealkylation sites (N-methyl/N-ethyl adjacent to an activating group) is 1. The second-order valence-corrected chi connectivity index (χ2v) is 9.63. The number of aliphatic hydroxyl groups excluding tert-OH is 1. The van der Waals surface area contributed by atoms with Gasteiger partial charge in [-0.1, -0.05) is 0 Å². The summed E-state index contributed by atoms with van der Waals surface area (Å²) < 4.78 is 96.0. The fourth-order valence-electron chi connectivity index (χ4n) is 4.62. The van der Waals surface area contributed by atoms with Gasteiger partial charge in [-0.25, -0.2) is 0 Å². The predicted octanol–water partition coefficient (Wildman–Crippen LogP) is 4.53. The molecule has 42 heavy (non-hydrogen) atoms. The second kappa shape index (κ2) is 13.1. The summed E-state index contributed by atoms with van der Waals surface area (Å²) in [6.07, 6.45) is -11.2. The summed E-state index contributed by atoms with van der Waals surface area (Å²) in [6.45, 7) is -2.76. The number of rotatable bonds is 11. The Morgan fingerprint density at radius 2 is 1.55 bits per heavy atom. The number of likely N-dealkylation sites (tertiary alicyclic amines) is 1. The SMILES string of the molecule is COc1cc(OC)c(C2CCN(C)CC2O)c(O)c1C(=O)CC(=O)c1cc(OCC(F)(F)F)ccc1OCC(F)(F)F. The molecule has 2 atom stereocenters. The Labute approximate surface area is 236 Å². The van der Waals surface area contributed by atoms with E-state index < -0.39 is 84.0 Å². The molecule has 1 aliphatic heterocycles. The standard InChI is InChI=1S/C27H29F6NO8/c1-34-7-6-15(19(37)11-34)23-21(39-2)10-22(40-3)24(25(23)38)18(36)9-17(35)16-8-14(41-12-26(28,29)30)4-5-20(16)42-13-27(31,32)33/h4-5,8,10,15,19,37-38H,6-7,9,11-13H2,1-3H3. The number of ketones is 2. The van der Waals surface area contributed by atoms with Crippen molar-refractivity contribution in [1.29, 1.82) is 0 Å². The zero-order valence-corrected chi connectivity index (χ0v) is 22.8. The van der Waals surface area contributed by atoms with Crippen LogP contribution in [0.5, 0.6) is 28.7 Å². The molecule has 1 saturated heterocycles. The van der Waals surface area contributed by atoms with Crippen LogP contribution in [-0.4, -0.2) is 92.7 Å². The minimum Gasteiger partial charge on any atom is -0.507 e. The van der Waals surface area contributed by atoms with E-state index in [4.69, 9.17) is 9.47 Å². The topological polar surface area (TPSA) is 115 Å². The van der Waals surface area contributed by atoms with Gasteiger partial charge < -0.3 is 34.1 Å². The Hall–Kier alpha value is -3.72. The Bertz CT molecular complexity index is 1300. The molecule has 2 unspecified atom stereocenters. The van der Waals surface area contributed by atoms with Gasteiger partial charge in [-0.05, 0) is 38.2 Å². The van der Waals surface area contributed by atoms with Crippen LogP contribution in [0.25, 0.3) is 0 Å². The van der Waals surface area contributed by atoms with E-state index in [1.165, 1.54) is 20.3 Å². The van der Waals surface area contributed by atoms with Crippen molar-refractivity contribution in [2.75, 3.05) is 47.6 Å². The number of phenolic OH excluding ortho intramolecular Hbond substituents is 1. The van der Waals surface area contributed by atoms with Crippen LogP contribution in [0.1, 0.15) is 45.0 Å². The number of piperidine rings is 1. The first-order valence-electron chi connectivity index (χ1n) is 12.5. The average Bonchev–Trinajstić information content (AvgIpc) is 2.89. The molecule has 0 bridgehead atoms. The minimum absolute atomic E-state index is 0.103. The number of Topliss-reactive ketones (excluding diaryl/α,β-unsaturated/α-hetero) is 2. The number of aromatic hydroxyl groups is 1. The summed E-state index contributed by atoms with van der Waals surface area (Å²) in [5, 5.41) is 21.9. The van der Waals surface area contributed by atoms with Gasteiger partial charge in [0.25, 0.3) is 0 Å². The van der Waals surface area contributed by atoms with E-state index in [0.717, 1.165) is 18.2 Å². The largest absolute Gasteiger partial charge is 0.507 e. The molecular weight excluding hydrogens is 580 g/mol. The monoisotopic (exact) mass is 609 g/mol. The minimum atomic E-state index is -4.81. The highest BCUT2D eigenvalue weighted by Gasteiger charge is 2.36. The summed E-state index contributed by atoms with van der Waals surface area (Å²) in [4.78, 5) is 28.4. The van der Waals surface area contributed by atoms with Crippen LogP contribution in [0.2, 0.25) is 0 Å². The highest BCUT2D eigenvalue weighted by molar-refractivity contribution is 6.16. The maximum Gasteiger partial charge on any atom is 0.422 e. The predicted molar refractivity (Wildman–Crippen MR) is 135 cm³/mol. The molecule has 2 aromatic carbocycles. The summed E-state index contributed by atoms with van der Waals surface area (Å²) in [5.74, 6) is -4.67.